The summed E-state index contributed by atoms with van der Waals surface area (Å²) in [6.45, 7) is 8.11. The van der Waals surface area contributed by atoms with Gasteiger partial charge in [0.15, 0.2) is 9.84 Å². The van der Waals surface area contributed by atoms with Gasteiger partial charge in [-0.25, -0.2) is 13.4 Å². The topological polar surface area (TPSA) is 142 Å². The number of fused-ring (bicyclic) bond motifs is 3. The highest BCUT2D eigenvalue weighted by Crippen LogP contribution is 2.48. The summed E-state index contributed by atoms with van der Waals surface area (Å²) in [6, 6.07) is 7.33. The number of aromatic nitrogens is 3. The molecule has 3 aromatic rings. The molecule has 2 amide bonds. The number of carbonyl (C=O) groups excluding carboxylic acids is 2. The van der Waals surface area contributed by atoms with E-state index in [-0.39, 0.29) is 55.6 Å². The molecule has 0 N–H and O–H groups in total. The molecule has 13 nitrogen and oxygen atoms in total. The Morgan fingerprint density at radius 3 is 2.38 bits per heavy atom. The second-order valence-electron chi connectivity index (χ2n) is 13.4. The first kappa shape index (κ1) is 40.6. The van der Waals surface area contributed by atoms with E-state index in [1.165, 1.54) is 0 Å². The number of imidazole rings is 1. The Labute approximate surface area is 317 Å². The lowest BCUT2D eigenvalue weighted by Crippen LogP contribution is -2.51. The second-order valence-corrected chi connectivity index (χ2v) is 16.2. The number of aryl methyl sites for hydroxylation is 1. The lowest BCUT2D eigenvalue weighted by Gasteiger charge is -2.39. The van der Waals surface area contributed by atoms with Crippen LogP contribution in [-0.2, 0) is 56.9 Å². The third-order valence-corrected chi connectivity index (χ3v) is 11.9. The number of ether oxygens (including phenoxy) is 4. The van der Waals surface area contributed by atoms with Crippen molar-refractivity contribution in [3.05, 3.63) is 53.1 Å². The molecular formula is C38H50ClN5O8S. The Balaban J connectivity index is 1.16. The van der Waals surface area contributed by atoms with Crippen LogP contribution in [0, 0.1) is 18.3 Å². The SMILES string of the molecule is C#CCOCCOCCOCCOCCS(=O)(=O)CCCn1c(CN2C(=O)C3(CCN(C(=O)C(C)CC)CC3)c3ccncc32)nc2cc(Cl)ccc21. The molecule has 0 radical (unpaired) electrons. The highest BCUT2D eigenvalue weighted by Gasteiger charge is 2.52. The Bertz CT molecular complexity index is 1850. The number of terminal acetylenes is 1. The number of benzene rings is 1. The molecular weight excluding hydrogens is 722 g/mol. The molecule has 0 aliphatic carbocycles. The number of anilines is 1. The van der Waals surface area contributed by atoms with Crippen LogP contribution in [0.3, 0.4) is 0 Å². The lowest BCUT2D eigenvalue weighted by molar-refractivity contribution is -0.138. The number of hydrogen-bond donors (Lipinski definition) is 0. The zero-order valence-corrected chi connectivity index (χ0v) is 32.2. The zero-order valence-electron chi connectivity index (χ0n) is 30.6. The quantitative estimate of drug-likeness (QED) is 0.115. The Hall–Kier alpha value is -3.58. The number of piperidine rings is 1. The van der Waals surface area contributed by atoms with Crippen molar-refractivity contribution in [1.29, 1.82) is 0 Å². The Morgan fingerprint density at radius 2 is 1.70 bits per heavy atom. The van der Waals surface area contributed by atoms with E-state index in [1.54, 1.807) is 29.4 Å². The van der Waals surface area contributed by atoms with Gasteiger partial charge in [-0.3, -0.25) is 14.6 Å². The highest BCUT2D eigenvalue weighted by molar-refractivity contribution is 7.91. The van der Waals surface area contributed by atoms with Crippen molar-refractivity contribution in [3.8, 4) is 12.3 Å². The van der Waals surface area contributed by atoms with Gasteiger partial charge in [0, 0.05) is 36.8 Å². The van der Waals surface area contributed by atoms with Crippen LogP contribution in [-0.4, -0.2) is 117 Å². The van der Waals surface area contributed by atoms with Crippen molar-refractivity contribution in [2.45, 2.75) is 58.0 Å². The molecule has 2 aromatic heterocycles. The minimum atomic E-state index is -3.40. The standard InChI is InChI=1S/C38H50ClN5O8S/c1-4-16-49-17-18-50-19-20-51-21-22-52-23-25-53(47,48)24-6-13-43-33-8-7-30(39)26-32(33)41-35(43)28-44-34-27-40-12-9-31(34)38(37(44)46)10-14-42(15-11-38)36(45)29(3)5-2/h1,7-9,12,26-27,29H,5-6,10-11,13-25,28H2,2-3H3. The first-order chi connectivity index (χ1) is 25.6. The minimum Gasteiger partial charge on any atom is -0.378 e. The largest absolute Gasteiger partial charge is 0.378 e. The number of hydrogen-bond acceptors (Lipinski definition) is 10. The van der Waals surface area contributed by atoms with Crippen LogP contribution in [0.2, 0.25) is 5.02 Å². The Morgan fingerprint density at radius 1 is 1.02 bits per heavy atom. The number of likely N-dealkylation sites (tertiary alicyclic amines) is 1. The van der Waals surface area contributed by atoms with Crippen LogP contribution >= 0.6 is 11.6 Å². The third-order valence-electron chi connectivity index (χ3n) is 9.99. The van der Waals surface area contributed by atoms with Gasteiger partial charge >= 0.3 is 0 Å². The van der Waals surface area contributed by atoms with Gasteiger partial charge in [-0.15, -0.1) is 6.42 Å². The molecule has 5 rings (SSSR count). The smallest absolute Gasteiger partial charge is 0.238 e. The van der Waals surface area contributed by atoms with Gasteiger partial charge in [-0.2, -0.15) is 0 Å². The predicted octanol–water partition coefficient (Wildman–Crippen LogP) is 4.04. The van der Waals surface area contributed by atoms with Crippen LogP contribution in [0.25, 0.3) is 11.0 Å². The van der Waals surface area contributed by atoms with Gasteiger partial charge in [-0.05, 0) is 55.5 Å². The van der Waals surface area contributed by atoms with Crippen molar-refractivity contribution in [1.82, 2.24) is 19.4 Å². The summed E-state index contributed by atoms with van der Waals surface area (Å²) in [5.74, 6) is 2.91. The Kier molecular flexibility index (Phi) is 14.7. The fourth-order valence-corrected chi connectivity index (χ4v) is 8.22. The molecule has 2 aliphatic heterocycles. The molecule has 288 valence electrons. The number of pyridine rings is 1. The summed E-state index contributed by atoms with van der Waals surface area (Å²) in [7, 11) is -3.40. The number of nitrogens with zero attached hydrogens (tertiary/aromatic N) is 5. The van der Waals surface area contributed by atoms with Gasteiger partial charge in [0.05, 0.1) is 92.6 Å². The number of halogens is 1. The normalized spacial score (nSPS) is 16.0. The summed E-state index contributed by atoms with van der Waals surface area (Å²) < 4.78 is 49.3. The molecule has 1 atom stereocenters. The summed E-state index contributed by atoms with van der Waals surface area (Å²) in [5.41, 5.74) is 2.37. The molecule has 1 aromatic carbocycles. The van der Waals surface area contributed by atoms with Crippen LogP contribution in [0.5, 0.6) is 0 Å². The molecule has 1 fully saturated rings. The zero-order chi connectivity index (χ0) is 37.8. The molecule has 1 spiro atoms. The average Bonchev–Trinajstić information content (AvgIpc) is 3.60. The van der Waals surface area contributed by atoms with Crippen LogP contribution in [0.15, 0.2) is 36.7 Å². The van der Waals surface area contributed by atoms with Gasteiger partial charge in [0.2, 0.25) is 11.8 Å². The van der Waals surface area contributed by atoms with Gasteiger partial charge in [0.1, 0.15) is 12.4 Å². The van der Waals surface area contributed by atoms with Gasteiger partial charge < -0.3 is 33.3 Å². The maximum absolute atomic E-state index is 14.4. The number of amides is 2. The molecule has 0 saturated carbocycles. The van der Waals surface area contributed by atoms with Crippen molar-refractivity contribution in [3.63, 3.8) is 0 Å². The van der Waals surface area contributed by atoms with E-state index in [1.807, 2.05) is 35.4 Å². The molecule has 0 bridgehead atoms. The van der Waals surface area contributed by atoms with Crippen molar-refractivity contribution >= 4 is 50.0 Å². The van der Waals surface area contributed by atoms with E-state index in [9.17, 15) is 18.0 Å². The van der Waals surface area contributed by atoms with Crippen LogP contribution < -0.4 is 4.90 Å². The molecule has 53 heavy (non-hydrogen) atoms. The van der Waals surface area contributed by atoms with E-state index >= 15 is 0 Å². The van der Waals surface area contributed by atoms with Crippen LogP contribution in [0.1, 0.15) is 50.9 Å². The molecule has 1 saturated heterocycles. The van der Waals surface area contributed by atoms with E-state index in [0.717, 1.165) is 23.2 Å². The van der Waals surface area contributed by atoms with Crippen molar-refractivity contribution < 1.29 is 37.0 Å². The summed E-state index contributed by atoms with van der Waals surface area (Å²) >= 11 is 6.33. The van der Waals surface area contributed by atoms with E-state index in [4.69, 9.17) is 42.0 Å². The average molecular weight is 772 g/mol. The summed E-state index contributed by atoms with van der Waals surface area (Å²) in [6.07, 6.45) is 10.7. The first-order valence-electron chi connectivity index (χ1n) is 18.2. The minimum absolute atomic E-state index is 0.0313. The molecule has 1 unspecified atom stereocenters. The first-order valence-corrected chi connectivity index (χ1v) is 20.4. The van der Waals surface area contributed by atoms with Crippen molar-refractivity contribution in [2.24, 2.45) is 5.92 Å². The molecule has 15 heteroatoms. The predicted molar refractivity (Wildman–Crippen MR) is 202 cm³/mol. The molecule has 2 aliphatic rings. The maximum Gasteiger partial charge on any atom is 0.238 e. The van der Waals surface area contributed by atoms with Crippen molar-refractivity contribution in [2.75, 3.05) is 82.4 Å². The fourth-order valence-electron chi connectivity index (χ4n) is 6.91. The fraction of sp³-hybridized carbons (Fsp3) is 0.579. The monoisotopic (exact) mass is 771 g/mol. The summed E-state index contributed by atoms with van der Waals surface area (Å²) in [5, 5.41) is 0.529. The van der Waals surface area contributed by atoms with E-state index in [0.29, 0.717) is 88.3 Å². The van der Waals surface area contributed by atoms with E-state index in [2.05, 4.69) is 10.9 Å². The van der Waals surface area contributed by atoms with Crippen LogP contribution in [0.4, 0.5) is 5.69 Å². The summed E-state index contributed by atoms with van der Waals surface area (Å²) in [4.78, 5) is 40.3. The maximum atomic E-state index is 14.4. The highest BCUT2D eigenvalue weighted by atomic mass is 35.5. The second kappa shape index (κ2) is 19.1. The van der Waals surface area contributed by atoms with Gasteiger partial charge in [0.25, 0.3) is 0 Å². The van der Waals surface area contributed by atoms with E-state index < -0.39 is 15.3 Å². The number of rotatable bonds is 21. The third kappa shape index (κ3) is 10.1. The molecule has 4 heterocycles. The number of carbonyl (C=O) groups is 2. The lowest BCUT2D eigenvalue weighted by atomic mass is 9.73. The number of sulfone groups is 1. The van der Waals surface area contributed by atoms with Gasteiger partial charge in [-0.1, -0.05) is 31.4 Å².